The number of carbonyl (C=O) groups excluding carboxylic acids is 2. The van der Waals surface area contributed by atoms with Gasteiger partial charge < -0.3 is 21.5 Å². The number of amides is 3. The zero-order valence-electron chi connectivity index (χ0n) is 10.2. The molecule has 0 aromatic rings. The number of urea groups is 1. The third-order valence-corrected chi connectivity index (χ3v) is 3.34. The highest BCUT2D eigenvalue weighted by molar-refractivity contribution is 7.89. The van der Waals surface area contributed by atoms with E-state index in [1.165, 1.54) is 7.05 Å². The monoisotopic (exact) mass is 296 g/mol. The molecule has 0 aliphatic carbocycles. The van der Waals surface area contributed by atoms with Gasteiger partial charge in [0.05, 0.1) is 12.2 Å². The van der Waals surface area contributed by atoms with Gasteiger partial charge in [-0.2, -0.15) is 0 Å². The predicted octanol–water partition coefficient (Wildman–Crippen LogP) is -2.84. The Morgan fingerprint density at radius 3 is 2.32 bits per heavy atom. The molecule has 0 unspecified atom stereocenters. The van der Waals surface area contributed by atoms with Crippen molar-refractivity contribution < 1.29 is 27.9 Å². The molecule has 0 aromatic heterocycles. The third kappa shape index (κ3) is 7.94. The summed E-state index contributed by atoms with van der Waals surface area (Å²) in [6, 6.07) is -2.36. The van der Waals surface area contributed by atoms with Crippen molar-refractivity contribution in [1.29, 1.82) is 0 Å². The van der Waals surface area contributed by atoms with Gasteiger partial charge in [-0.25, -0.2) is 22.7 Å². The lowest BCUT2D eigenvalue weighted by atomic mass is 10.2. The summed E-state index contributed by atoms with van der Waals surface area (Å²) < 4.78 is 24.1. The van der Waals surface area contributed by atoms with Gasteiger partial charge in [-0.05, 0) is 7.05 Å². The van der Waals surface area contributed by atoms with E-state index in [0.29, 0.717) is 0 Å². The van der Waals surface area contributed by atoms with Crippen molar-refractivity contribution in [2.75, 3.05) is 19.3 Å². The van der Waals surface area contributed by atoms with Crippen LogP contribution >= 0.6 is 0 Å². The molecule has 3 amide bonds. The normalized spacial score (nSPS) is 12.5. The number of nitrogens with one attached hydrogen (secondary N) is 3. The first-order valence-corrected chi connectivity index (χ1v) is 6.80. The molecule has 0 heterocycles. The van der Waals surface area contributed by atoms with Crippen molar-refractivity contribution in [3.05, 3.63) is 0 Å². The van der Waals surface area contributed by atoms with Crippen LogP contribution in [0.25, 0.3) is 0 Å². The van der Waals surface area contributed by atoms with Gasteiger partial charge in [0.25, 0.3) is 0 Å². The number of rotatable bonds is 8. The Hall–Kier alpha value is -1.88. The fraction of sp³-hybridized carbons (Fsp3) is 0.625. The lowest BCUT2D eigenvalue weighted by molar-refractivity contribution is -0.140. The first kappa shape index (κ1) is 17.1. The molecule has 0 radical (unpaired) electrons. The van der Waals surface area contributed by atoms with Gasteiger partial charge in [-0.1, -0.05) is 0 Å². The molecule has 0 rings (SSSR count). The number of primary amides is 1. The summed E-state index contributed by atoms with van der Waals surface area (Å²) in [4.78, 5) is 32.5. The van der Waals surface area contributed by atoms with E-state index in [4.69, 9.17) is 10.8 Å². The molecule has 110 valence electrons. The molecule has 0 bridgehead atoms. The molecule has 0 spiro atoms. The number of carboxylic acids is 1. The first-order chi connectivity index (χ1) is 8.68. The molecule has 0 aliphatic rings. The average molecular weight is 296 g/mol. The minimum Gasteiger partial charge on any atom is -0.480 e. The van der Waals surface area contributed by atoms with Crippen LogP contribution in [0.1, 0.15) is 6.42 Å². The molecule has 0 saturated carbocycles. The molecule has 0 aliphatic heterocycles. The van der Waals surface area contributed by atoms with Gasteiger partial charge >= 0.3 is 12.0 Å². The van der Waals surface area contributed by atoms with Crippen LogP contribution in [0.4, 0.5) is 4.79 Å². The van der Waals surface area contributed by atoms with E-state index in [1.807, 2.05) is 10.0 Å². The Bertz CT molecular complexity index is 448. The van der Waals surface area contributed by atoms with Crippen molar-refractivity contribution in [2.24, 2.45) is 5.73 Å². The van der Waals surface area contributed by atoms with E-state index in [1.54, 1.807) is 0 Å². The van der Waals surface area contributed by atoms with E-state index in [2.05, 4.69) is 5.32 Å². The zero-order valence-corrected chi connectivity index (χ0v) is 11.0. The van der Waals surface area contributed by atoms with E-state index >= 15 is 0 Å². The number of sulfonamides is 1. The van der Waals surface area contributed by atoms with E-state index in [9.17, 15) is 22.8 Å². The molecular weight excluding hydrogens is 280 g/mol. The Morgan fingerprint density at radius 1 is 1.32 bits per heavy atom. The largest absolute Gasteiger partial charge is 0.480 e. The van der Waals surface area contributed by atoms with E-state index in [0.717, 1.165) is 0 Å². The van der Waals surface area contributed by atoms with Crippen LogP contribution in [0.2, 0.25) is 0 Å². The van der Waals surface area contributed by atoms with Crippen molar-refractivity contribution in [2.45, 2.75) is 12.5 Å². The van der Waals surface area contributed by atoms with Crippen LogP contribution in [0.5, 0.6) is 0 Å². The van der Waals surface area contributed by atoms with Crippen LogP contribution in [0, 0.1) is 0 Å². The van der Waals surface area contributed by atoms with Crippen molar-refractivity contribution >= 4 is 27.9 Å². The van der Waals surface area contributed by atoms with Gasteiger partial charge in [-0.3, -0.25) is 4.79 Å². The minimum atomic E-state index is -3.46. The molecule has 11 heteroatoms. The Labute approximate surface area is 109 Å². The molecule has 10 nitrogen and oxygen atoms in total. The number of nitrogens with two attached hydrogens (primary N) is 1. The number of hydrogen-bond donors (Lipinski definition) is 5. The van der Waals surface area contributed by atoms with Gasteiger partial charge in [0.15, 0.2) is 0 Å². The lowest BCUT2D eigenvalue weighted by Crippen LogP contribution is -2.48. The summed E-state index contributed by atoms with van der Waals surface area (Å²) >= 11 is 0. The SMILES string of the molecule is CNS(=O)(=O)CCNC(=O)N[C@H](CC(N)=O)C(=O)O. The van der Waals surface area contributed by atoms with Gasteiger partial charge in [-0.15, -0.1) is 0 Å². The molecule has 6 N–H and O–H groups in total. The van der Waals surface area contributed by atoms with Crippen LogP contribution in [-0.2, 0) is 19.6 Å². The average Bonchev–Trinajstić information content (AvgIpc) is 2.27. The maximum atomic E-state index is 11.3. The summed E-state index contributed by atoms with van der Waals surface area (Å²) in [7, 11) is -2.24. The topological polar surface area (TPSA) is 168 Å². The van der Waals surface area contributed by atoms with Crippen LogP contribution in [0.15, 0.2) is 0 Å². The highest BCUT2D eigenvalue weighted by atomic mass is 32.2. The summed E-state index contributed by atoms with van der Waals surface area (Å²) in [5.74, 6) is -2.66. The second kappa shape index (κ2) is 7.53. The minimum absolute atomic E-state index is 0.210. The van der Waals surface area contributed by atoms with E-state index in [-0.39, 0.29) is 12.3 Å². The predicted molar refractivity (Wildman–Crippen MR) is 64.6 cm³/mol. The van der Waals surface area contributed by atoms with Crippen molar-refractivity contribution in [1.82, 2.24) is 15.4 Å². The smallest absolute Gasteiger partial charge is 0.326 e. The molecule has 0 saturated heterocycles. The van der Waals surface area contributed by atoms with Crippen molar-refractivity contribution in [3.63, 3.8) is 0 Å². The molecular formula is C8H16N4O6S. The fourth-order valence-electron chi connectivity index (χ4n) is 1.01. The van der Waals surface area contributed by atoms with Crippen LogP contribution in [0.3, 0.4) is 0 Å². The summed E-state index contributed by atoms with van der Waals surface area (Å²) in [6.45, 7) is -0.210. The number of aliphatic carboxylic acids is 1. The van der Waals surface area contributed by atoms with Crippen molar-refractivity contribution in [3.8, 4) is 0 Å². The Kier molecular flexibility index (Phi) is 6.79. The second-order valence-corrected chi connectivity index (χ2v) is 5.53. The maximum absolute atomic E-state index is 11.3. The summed E-state index contributed by atoms with van der Waals surface area (Å²) in [5.41, 5.74) is 4.82. The lowest BCUT2D eigenvalue weighted by Gasteiger charge is -2.13. The molecule has 1 atom stereocenters. The molecule has 0 aromatic carbocycles. The fourth-order valence-corrected chi connectivity index (χ4v) is 1.59. The number of hydrogen-bond acceptors (Lipinski definition) is 5. The second-order valence-electron chi connectivity index (χ2n) is 3.48. The first-order valence-electron chi connectivity index (χ1n) is 5.14. The van der Waals surface area contributed by atoms with Crippen LogP contribution in [-0.4, -0.2) is 56.8 Å². The zero-order chi connectivity index (χ0) is 15.1. The Balaban J connectivity index is 4.21. The number of carbonyl (C=O) groups is 3. The third-order valence-electron chi connectivity index (χ3n) is 1.98. The standard InChI is InChI=1S/C8H16N4O6S/c1-10-19(17,18)3-2-11-8(16)12-5(7(14)15)4-6(9)13/h5,10H,2-4H2,1H3,(H2,9,13)(H,14,15)(H2,11,12,16)/t5-/m1/s1. The highest BCUT2D eigenvalue weighted by Gasteiger charge is 2.22. The molecule has 19 heavy (non-hydrogen) atoms. The van der Waals surface area contributed by atoms with Gasteiger partial charge in [0, 0.05) is 6.54 Å². The maximum Gasteiger partial charge on any atom is 0.326 e. The summed E-state index contributed by atoms with van der Waals surface area (Å²) in [6.07, 6.45) is -0.558. The van der Waals surface area contributed by atoms with Gasteiger partial charge in [0.2, 0.25) is 15.9 Å². The Morgan fingerprint density at radius 2 is 1.89 bits per heavy atom. The highest BCUT2D eigenvalue weighted by Crippen LogP contribution is 1.91. The van der Waals surface area contributed by atoms with E-state index < -0.39 is 40.4 Å². The quantitative estimate of drug-likeness (QED) is 0.323. The number of carboxylic acid groups (broad SMARTS) is 1. The molecule has 0 fully saturated rings. The summed E-state index contributed by atoms with van der Waals surface area (Å²) in [5, 5.41) is 12.8. The van der Waals surface area contributed by atoms with Crippen LogP contribution < -0.4 is 21.1 Å². The van der Waals surface area contributed by atoms with Gasteiger partial charge in [0.1, 0.15) is 6.04 Å².